The van der Waals surface area contributed by atoms with Gasteiger partial charge in [0.1, 0.15) is 0 Å². The van der Waals surface area contributed by atoms with Gasteiger partial charge in [0, 0.05) is 36.3 Å². The SMILES string of the molecule is NC(=O)C1CCN(c2ccc(NC(=O)C3CC4CCC3C4)cc2)CC1. The maximum Gasteiger partial charge on any atom is 0.227 e. The third kappa shape index (κ3) is 3.37. The van der Waals surface area contributed by atoms with Crippen LogP contribution < -0.4 is 16.0 Å². The molecule has 134 valence electrons. The first-order valence-electron chi connectivity index (χ1n) is 9.55. The van der Waals surface area contributed by atoms with E-state index in [0.717, 1.165) is 49.6 Å². The van der Waals surface area contributed by atoms with Crippen molar-refractivity contribution < 1.29 is 9.59 Å². The van der Waals surface area contributed by atoms with Gasteiger partial charge in [0.05, 0.1) is 0 Å². The Morgan fingerprint density at radius 2 is 1.72 bits per heavy atom. The van der Waals surface area contributed by atoms with E-state index in [-0.39, 0.29) is 23.7 Å². The molecular weight excluding hydrogens is 314 g/mol. The van der Waals surface area contributed by atoms with Gasteiger partial charge in [-0.05, 0) is 68.2 Å². The third-order valence-corrected chi connectivity index (χ3v) is 6.47. The number of nitrogens with one attached hydrogen (secondary N) is 1. The number of amides is 2. The third-order valence-electron chi connectivity index (χ3n) is 6.47. The van der Waals surface area contributed by atoms with Crippen molar-refractivity contribution in [3.8, 4) is 0 Å². The minimum Gasteiger partial charge on any atom is -0.371 e. The summed E-state index contributed by atoms with van der Waals surface area (Å²) < 4.78 is 0. The van der Waals surface area contributed by atoms with Crippen molar-refractivity contribution in [3.63, 3.8) is 0 Å². The number of nitrogens with two attached hydrogens (primary N) is 1. The minimum absolute atomic E-state index is 0.0107. The van der Waals surface area contributed by atoms with Gasteiger partial charge < -0.3 is 16.0 Å². The lowest BCUT2D eigenvalue weighted by Gasteiger charge is -2.32. The van der Waals surface area contributed by atoms with Gasteiger partial charge in [0.25, 0.3) is 0 Å². The lowest BCUT2D eigenvalue weighted by molar-refractivity contribution is -0.122. The first kappa shape index (κ1) is 16.4. The van der Waals surface area contributed by atoms with E-state index in [1.165, 1.54) is 19.3 Å². The van der Waals surface area contributed by atoms with E-state index in [0.29, 0.717) is 5.92 Å². The number of hydrogen-bond acceptors (Lipinski definition) is 3. The molecular formula is C20H27N3O2. The fourth-order valence-corrected chi connectivity index (χ4v) is 4.98. The highest BCUT2D eigenvalue weighted by Gasteiger charge is 2.43. The molecule has 1 aliphatic heterocycles. The number of carbonyl (C=O) groups excluding carboxylic acids is 2. The molecule has 3 unspecified atom stereocenters. The van der Waals surface area contributed by atoms with Crippen LogP contribution in [0.2, 0.25) is 0 Å². The molecule has 3 fully saturated rings. The average molecular weight is 341 g/mol. The van der Waals surface area contributed by atoms with Crippen molar-refractivity contribution in [1.82, 2.24) is 0 Å². The molecule has 1 aromatic carbocycles. The highest BCUT2D eigenvalue weighted by atomic mass is 16.2. The topological polar surface area (TPSA) is 75.4 Å². The van der Waals surface area contributed by atoms with Crippen molar-refractivity contribution in [2.75, 3.05) is 23.3 Å². The van der Waals surface area contributed by atoms with E-state index in [4.69, 9.17) is 5.73 Å². The summed E-state index contributed by atoms with van der Waals surface area (Å²) in [5.41, 5.74) is 7.41. The Kier molecular flexibility index (Phi) is 4.40. The lowest BCUT2D eigenvalue weighted by Crippen LogP contribution is -2.38. The van der Waals surface area contributed by atoms with Crippen LogP contribution in [0.15, 0.2) is 24.3 Å². The van der Waals surface area contributed by atoms with Crippen LogP contribution in [0, 0.1) is 23.7 Å². The number of fused-ring (bicyclic) bond motifs is 2. The molecule has 0 spiro atoms. The zero-order chi connectivity index (χ0) is 17.4. The summed E-state index contributed by atoms with van der Waals surface area (Å²) in [6.45, 7) is 1.70. The highest BCUT2D eigenvalue weighted by Crippen LogP contribution is 2.48. The van der Waals surface area contributed by atoms with E-state index >= 15 is 0 Å². The van der Waals surface area contributed by atoms with Crippen LogP contribution in [-0.4, -0.2) is 24.9 Å². The zero-order valence-electron chi connectivity index (χ0n) is 14.6. The Morgan fingerprint density at radius 3 is 2.28 bits per heavy atom. The zero-order valence-corrected chi connectivity index (χ0v) is 14.6. The normalized spacial score (nSPS) is 29.0. The largest absolute Gasteiger partial charge is 0.371 e. The Labute approximate surface area is 148 Å². The number of piperidine rings is 1. The molecule has 0 aromatic heterocycles. The molecule has 3 atom stereocenters. The van der Waals surface area contributed by atoms with Gasteiger partial charge in [0.2, 0.25) is 11.8 Å². The number of anilines is 2. The number of primary amides is 1. The van der Waals surface area contributed by atoms with Crippen molar-refractivity contribution in [1.29, 1.82) is 0 Å². The maximum atomic E-state index is 12.5. The lowest BCUT2D eigenvalue weighted by atomic mass is 9.88. The molecule has 1 heterocycles. The molecule has 5 nitrogen and oxygen atoms in total. The molecule has 5 heteroatoms. The predicted molar refractivity (Wildman–Crippen MR) is 98.1 cm³/mol. The van der Waals surface area contributed by atoms with E-state index in [1.54, 1.807) is 0 Å². The van der Waals surface area contributed by atoms with Gasteiger partial charge in [-0.1, -0.05) is 6.42 Å². The molecule has 1 saturated heterocycles. The minimum atomic E-state index is -0.182. The van der Waals surface area contributed by atoms with Crippen LogP contribution in [0.25, 0.3) is 0 Å². The summed E-state index contributed by atoms with van der Waals surface area (Å²) >= 11 is 0. The molecule has 3 N–H and O–H groups in total. The smallest absolute Gasteiger partial charge is 0.227 e. The number of benzene rings is 1. The Balaban J connectivity index is 1.33. The summed E-state index contributed by atoms with van der Waals surface area (Å²) in [4.78, 5) is 26.1. The molecule has 3 aliphatic rings. The standard InChI is InChI=1S/C20H27N3O2/c21-19(24)14-7-9-23(10-8-14)17-5-3-16(4-6-17)22-20(25)18-12-13-1-2-15(18)11-13/h3-6,13-15,18H,1-2,7-12H2,(H2,21,24)(H,22,25). The Hall–Kier alpha value is -2.04. The van der Waals surface area contributed by atoms with Gasteiger partial charge in [0.15, 0.2) is 0 Å². The molecule has 25 heavy (non-hydrogen) atoms. The van der Waals surface area contributed by atoms with Crippen molar-refractivity contribution in [2.24, 2.45) is 29.4 Å². The fraction of sp³-hybridized carbons (Fsp3) is 0.600. The average Bonchev–Trinajstić information content (AvgIpc) is 3.26. The second-order valence-corrected chi connectivity index (χ2v) is 7.98. The highest BCUT2D eigenvalue weighted by molar-refractivity contribution is 5.93. The van der Waals surface area contributed by atoms with E-state index in [2.05, 4.69) is 22.3 Å². The number of hydrogen-bond donors (Lipinski definition) is 2. The number of carbonyl (C=O) groups is 2. The van der Waals surface area contributed by atoms with Crippen LogP contribution >= 0.6 is 0 Å². The molecule has 4 rings (SSSR count). The van der Waals surface area contributed by atoms with Crippen molar-refractivity contribution in [3.05, 3.63) is 24.3 Å². The van der Waals surface area contributed by atoms with Crippen LogP contribution in [0.5, 0.6) is 0 Å². The summed E-state index contributed by atoms with van der Waals surface area (Å²) in [6.07, 6.45) is 6.50. The van der Waals surface area contributed by atoms with Crippen LogP contribution in [0.4, 0.5) is 11.4 Å². The van der Waals surface area contributed by atoms with E-state index in [1.807, 2.05) is 12.1 Å². The first-order valence-corrected chi connectivity index (χ1v) is 9.55. The molecule has 1 aromatic rings. The first-order chi connectivity index (χ1) is 12.1. The summed E-state index contributed by atoms with van der Waals surface area (Å²) in [5, 5.41) is 3.10. The molecule has 2 saturated carbocycles. The monoisotopic (exact) mass is 341 g/mol. The Morgan fingerprint density at radius 1 is 1.00 bits per heavy atom. The fourth-order valence-electron chi connectivity index (χ4n) is 4.98. The van der Waals surface area contributed by atoms with E-state index < -0.39 is 0 Å². The number of rotatable bonds is 4. The summed E-state index contributed by atoms with van der Waals surface area (Å²) in [5.74, 6) is 1.63. The summed E-state index contributed by atoms with van der Waals surface area (Å²) in [6, 6.07) is 8.09. The van der Waals surface area contributed by atoms with Gasteiger partial charge >= 0.3 is 0 Å². The van der Waals surface area contributed by atoms with Crippen molar-refractivity contribution >= 4 is 23.2 Å². The van der Waals surface area contributed by atoms with Crippen LogP contribution in [0.1, 0.15) is 38.5 Å². The molecule has 2 amide bonds. The second kappa shape index (κ2) is 6.70. The number of nitrogens with zero attached hydrogens (tertiary/aromatic N) is 1. The predicted octanol–water partition coefficient (Wildman–Crippen LogP) is 2.76. The quantitative estimate of drug-likeness (QED) is 0.884. The molecule has 0 radical (unpaired) electrons. The van der Waals surface area contributed by atoms with Crippen molar-refractivity contribution in [2.45, 2.75) is 38.5 Å². The van der Waals surface area contributed by atoms with Gasteiger partial charge in [-0.25, -0.2) is 0 Å². The van der Waals surface area contributed by atoms with Gasteiger partial charge in [-0.2, -0.15) is 0 Å². The maximum absolute atomic E-state index is 12.5. The Bertz CT molecular complexity index is 649. The van der Waals surface area contributed by atoms with Gasteiger partial charge in [-0.3, -0.25) is 9.59 Å². The van der Waals surface area contributed by atoms with Gasteiger partial charge in [-0.15, -0.1) is 0 Å². The summed E-state index contributed by atoms with van der Waals surface area (Å²) in [7, 11) is 0. The molecule has 2 aliphatic carbocycles. The van der Waals surface area contributed by atoms with Crippen LogP contribution in [-0.2, 0) is 9.59 Å². The second-order valence-electron chi connectivity index (χ2n) is 7.98. The van der Waals surface area contributed by atoms with Crippen LogP contribution in [0.3, 0.4) is 0 Å². The molecule has 2 bridgehead atoms. The van der Waals surface area contributed by atoms with E-state index in [9.17, 15) is 9.59 Å².